The van der Waals surface area contributed by atoms with Crippen LogP contribution in [0, 0.1) is 0 Å². The van der Waals surface area contributed by atoms with Gasteiger partial charge >= 0.3 is 0 Å². The highest BCUT2D eigenvalue weighted by molar-refractivity contribution is 6.38. The third kappa shape index (κ3) is 3.41. The Hall–Kier alpha value is -6.06. The average Bonchev–Trinajstić information content (AvgIpc) is 3.47. The van der Waals surface area contributed by atoms with Gasteiger partial charge in [-0.15, -0.1) is 0 Å². The number of nitrogens with zero attached hydrogens (tertiary/aromatic N) is 3. The van der Waals surface area contributed by atoms with Crippen LogP contribution in [0.2, 0.25) is 0 Å². The van der Waals surface area contributed by atoms with E-state index in [-0.39, 0.29) is 0 Å². The van der Waals surface area contributed by atoms with Crippen molar-refractivity contribution in [3.8, 4) is 28.3 Å². The molecule has 0 spiro atoms. The zero-order valence-corrected chi connectivity index (χ0v) is 24.3. The van der Waals surface area contributed by atoms with Crippen molar-refractivity contribution in [2.75, 3.05) is 0 Å². The van der Waals surface area contributed by atoms with Gasteiger partial charge in [-0.3, -0.25) is 0 Å². The first kappa shape index (κ1) is 24.4. The number of hydrogen-bond donors (Lipinski definition) is 0. The SMILES string of the molecule is c1ccc(-c2nc(-c3cccc4cc5c6ccccc6c6cccc7c6c5c(c34)n7-c3ccccc3)nc3ccccc23)cc1. The molecule has 0 aliphatic heterocycles. The molecule has 0 fully saturated rings. The van der Waals surface area contributed by atoms with Gasteiger partial charge in [-0.1, -0.05) is 121 Å². The zero-order valence-electron chi connectivity index (χ0n) is 24.3. The van der Waals surface area contributed by atoms with Gasteiger partial charge in [0.15, 0.2) is 5.82 Å². The minimum atomic E-state index is 0.731. The van der Waals surface area contributed by atoms with Crippen LogP contribution in [-0.2, 0) is 0 Å². The lowest BCUT2D eigenvalue weighted by molar-refractivity contribution is 1.19. The molecule has 0 atom stereocenters. The first-order valence-corrected chi connectivity index (χ1v) is 15.4. The minimum absolute atomic E-state index is 0.731. The Morgan fingerprint density at radius 3 is 1.93 bits per heavy atom. The van der Waals surface area contributed by atoms with E-state index in [1.165, 1.54) is 48.7 Å². The van der Waals surface area contributed by atoms with Crippen molar-refractivity contribution < 1.29 is 0 Å². The second kappa shape index (κ2) is 9.22. The van der Waals surface area contributed by atoms with Crippen molar-refractivity contribution in [1.82, 2.24) is 14.5 Å². The summed E-state index contributed by atoms with van der Waals surface area (Å²) in [4.78, 5) is 10.5. The Bertz CT molecular complexity index is 2740. The van der Waals surface area contributed by atoms with Gasteiger partial charge in [0.25, 0.3) is 0 Å². The predicted octanol–water partition coefficient (Wildman–Crippen LogP) is 11.0. The molecule has 208 valence electrons. The van der Waals surface area contributed by atoms with Gasteiger partial charge in [0.2, 0.25) is 0 Å². The van der Waals surface area contributed by atoms with E-state index in [9.17, 15) is 0 Å². The second-order valence-corrected chi connectivity index (χ2v) is 11.7. The third-order valence-electron chi connectivity index (χ3n) is 9.31. The smallest absolute Gasteiger partial charge is 0.161 e. The zero-order chi connectivity index (χ0) is 29.5. The monoisotopic (exact) mass is 571 g/mol. The summed E-state index contributed by atoms with van der Waals surface area (Å²) in [5.74, 6) is 0.731. The van der Waals surface area contributed by atoms with Crippen molar-refractivity contribution in [3.05, 3.63) is 152 Å². The predicted molar refractivity (Wildman–Crippen MR) is 188 cm³/mol. The van der Waals surface area contributed by atoms with E-state index in [0.29, 0.717) is 0 Å². The molecule has 45 heavy (non-hydrogen) atoms. The number of benzene rings is 8. The molecule has 3 nitrogen and oxygen atoms in total. The molecule has 0 radical (unpaired) electrons. The van der Waals surface area contributed by atoms with Crippen LogP contribution in [-0.4, -0.2) is 14.5 Å². The summed E-state index contributed by atoms with van der Waals surface area (Å²) in [7, 11) is 0. The molecule has 0 bridgehead atoms. The molecule has 2 aromatic heterocycles. The van der Waals surface area contributed by atoms with Crippen molar-refractivity contribution in [2.45, 2.75) is 0 Å². The standard InChI is InChI=1S/C42H25N3/c1-3-13-26(14-4-1)40-32-20-9-10-23-35(32)43-42(44-40)33-22-11-15-27-25-34-30-19-8-7-18-29(30)31-21-12-24-36-38(31)39(34)41(37(27)33)45(36)28-16-5-2-6-17-28/h1-25H. The summed E-state index contributed by atoms with van der Waals surface area (Å²) in [5, 5.41) is 11.1. The number of para-hydroxylation sites is 2. The Morgan fingerprint density at radius 1 is 0.444 bits per heavy atom. The molecule has 0 unspecified atom stereocenters. The summed E-state index contributed by atoms with van der Waals surface area (Å²) in [6.45, 7) is 0. The maximum Gasteiger partial charge on any atom is 0.161 e. The van der Waals surface area contributed by atoms with Gasteiger partial charge in [-0.2, -0.15) is 0 Å². The molecule has 0 aliphatic rings. The molecule has 0 aliphatic carbocycles. The fourth-order valence-electron chi connectivity index (χ4n) is 7.46. The Morgan fingerprint density at radius 2 is 1.11 bits per heavy atom. The molecular formula is C42H25N3. The van der Waals surface area contributed by atoms with Crippen LogP contribution in [0.1, 0.15) is 0 Å². The van der Waals surface area contributed by atoms with Crippen LogP contribution in [0.4, 0.5) is 0 Å². The van der Waals surface area contributed by atoms with E-state index >= 15 is 0 Å². The van der Waals surface area contributed by atoms with Gasteiger partial charge in [0.05, 0.1) is 22.2 Å². The van der Waals surface area contributed by atoms with Crippen LogP contribution in [0.25, 0.3) is 93.4 Å². The average molecular weight is 572 g/mol. The molecule has 10 rings (SSSR count). The van der Waals surface area contributed by atoms with Crippen LogP contribution in [0.3, 0.4) is 0 Å². The summed E-state index contributed by atoms with van der Waals surface area (Å²) in [6.07, 6.45) is 0. The van der Waals surface area contributed by atoms with E-state index in [2.05, 4.69) is 150 Å². The van der Waals surface area contributed by atoms with Crippen molar-refractivity contribution >= 4 is 65.0 Å². The van der Waals surface area contributed by atoms with Crippen LogP contribution >= 0.6 is 0 Å². The molecule has 0 saturated heterocycles. The Kier molecular flexibility index (Phi) is 5.00. The minimum Gasteiger partial charge on any atom is -0.309 e. The van der Waals surface area contributed by atoms with Crippen molar-refractivity contribution in [2.24, 2.45) is 0 Å². The van der Waals surface area contributed by atoms with Crippen molar-refractivity contribution in [1.29, 1.82) is 0 Å². The Labute approximate surface area is 259 Å². The number of aromatic nitrogens is 3. The van der Waals surface area contributed by atoms with E-state index < -0.39 is 0 Å². The highest BCUT2D eigenvalue weighted by Gasteiger charge is 2.24. The lowest BCUT2D eigenvalue weighted by Crippen LogP contribution is -1.98. The molecule has 8 aromatic carbocycles. The first-order chi connectivity index (χ1) is 22.3. The summed E-state index contributed by atoms with van der Waals surface area (Å²) < 4.78 is 2.45. The largest absolute Gasteiger partial charge is 0.309 e. The molecule has 0 amide bonds. The molecule has 10 aromatic rings. The van der Waals surface area contributed by atoms with E-state index in [0.717, 1.165) is 44.6 Å². The quantitative estimate of drug-likeness (QED) is 0.156. The van der Waals surface area contributed by atoms with Crippen molar-refractivity contribution in [3.63, 3.8) is 0 Å². The molecule has 0 N–H and O–H groups in total. The van der Waals surface area contributed by atoms with Crippen LogP contribution < -0.4 is 0 Å². The molecular weight excluding hydrogens is 546 g/mol. The molecule has 0 saturated carbocycles. The highest BCUT2D eigenvalue weighted by Crippen LogP contribution is 2.48. The van der Waals surface area contributed by atoms with Gasteiger partial charge in [-0.25, -0.2) is 9.97 Å². The molecule has 3 heteroatoms. The lowest BCUT2D eigenvalue weighted by Gasteiger charge is -2.15. The fraction of sp³-hybridized carbons (Fsp3) is 0. The summed E-state index contributed by atoms with van der Waals surface area (Å²) >= 11 is 0. The van der Waals surface area contributed by atoms with Gasteiger partial charge in [0, 0.05) is 38.4 Å². The first-order valence-electron chi connectivity index (χ1n) is 15.4. The van der Waals surface area contributed by atoms with Gasteiger partial charge in [-0.05, 0) is 57.3 Å². The maximum atomic E-state index is 5.32. The van der Waals surface area contributed by atoms with Crippen LogP contribution in [0.5, 0.6) is 0 Å². The highest BCUT2D eigenvalue weighted by atomic mass is 15.0. The lowest BCUT2D eigenvalue weighted by atomic mass is 9.91. The number of hydrogen-bond acceptors (Lipinski definition) is 2. The summed E-state index contributed by atoms with van der Waals surface area (Å²) in [6, 6.07) is 54.0. The summed E-state index contributed by atoms with van der Waals surface area (Å²) in [5.41, 5.74) is 7.53. The van der Waals surface area contributed by atoms with Gasteiger partial charge < -0.3 is 4.57 Å². The van der Waals surface area contributed by atoms with E-state index in [1.54, 1.807) is 0 Å². The van der Waals surface area contributed by atoms with Crippen LogP contribution in [0.15, 0.2) is 152 Å². The normalized spacial score (nSPS) is 12.0. The number of rotatable bonds is 3. The van der Waals surface area contributed by atoms with Gasteiger partial charge in [0.1, 0.15) is 0 Å². The third-order valence-corrected chi connectivity index (χ3v) is 9.31. The number of fused-ring (bicyclic) bond motifs is 6. The molecule has 2 heterocycles. The second-order valence-electron chi connectivity index (χ2n) is 11.7. The maximum absolute atomic E-state index is 5.32. The van der Waals surface area contributed by atoms with E-state index in [1.807, 2.05) is 6.07 Å². The van der Waals surface area contributed by atoms with E-state index in [4.69, 9.17) is 9.97 Å². The topological polar surface area (TPSA) is 30.7 Å². The Balaban J connectivity index is 1.43. The fourth-order valence-corrected chi connectivity index (χ4v) is 7.46.